The Balaban J connectivity index is 0.00000301. The molecule has 0 aliphatic heterocycles. The van der Waals surface area contributed by atoms with Gasteiger partial charge in [-0.25, -0.2) is 0 Å². The van der Waals surface area contributed by atoms with Crippen LogP contribution in [0.1, 0.15) is 44.5 Å². The van der Waals surface area contributed by atoms with Crippen LogP contribution >= 0.6 is 9.12 Å². The van der Waals surface area contributed by atoms with Crippen molar-refractivity contribution in [2.24, 2.45) is 17.8 Å². The van der Waals surface area contributed by atoms with Gasteiger partial charge in [0.1, 0.15) is 23.0 Å². The Morgan fingerprint density at radius 1 is 0.962 bits per heavy atom. The van der Waals surface area contributed by atoms with E-state index in [-0.39, 0.29) is 23.2 Å². The minimum atomic E-state index is -0.867. The van der Waals surface area contributed by atoms with Gasteiger partial charge in [0.05, 0.1) is 20.8 Å². The van der Waals surface area contributed by atoms with Crippen molar-refractivity contribution in [2.75, 3.05) is 20.8 Å². The molecule has 0 aromatic heterocycles. The van der Waals surface area contributed by atoms with E-state index in [1.807, 2.05) is 27.7 Å². The minimum absolute atomic E-state index is 0.172. The fourth-order valence-corrected chi connectivity index (χ4v) is 2.40. The maximum absolute atomic E-state index is 13.1. The molecule has 0 fully saturated rings. The highest BCUT2D eigenvalue weighted by Crippen LogP contribution is 2.32. The van der Waals surface area contributed by atoms with Crippen molar-refractivity contribution in [3.8, 4) is 11.5 Å². The van der Waals surface area contributed by atoms with Crippen LogP contribution in [0.15, 0.2) is 18.2 Å². The summed E-state index contributed by atoms with van der Waals surface area (Å²) in [7, 11) is 4.14. The molecule has 0 aliphatic carbocycles. The first kappa shape index (κ1) is 24.1. The third-order valence-electron chi connectivity index (χ3n) is 3.54. The number of hydrogen-bond donors (Lipinski definition) is 0. The Kier molecular flexibility index (Phi) is 11.5. The Hall–Kier alpha value is -1.94. The summed E-state index contributed by atoms with van der Waals surface area (Å²) in [5, 5.41) is 0. The molecule has 0 heterocycles. The van der Waals surface area contributed by atoms with E-state index in [1.165, 1.54) is 23.3 Å². The van der Waals surface area contributed by atoms with E-state index in [9.17, 15) is 9.59 Å². The van der Waals surface area contributed by atoms with Crippen LogP contribution in [0.2, 0.25) is 0 Å². The largest absolute Gasteiger partial charge is 0.496 e. The van der Waals surface area contributed by atoms with Crippen LogP contribution < -0.4 is 9.47 Å². The van der Waals surface area contributed by atoms with Gasteiger partial charge >= 0.3 is 15.1 Å². The molecule has 0 spiro atoms. The van der Waals surface area contributed by atoms with Crippen molar-refractivity contribution in [3.05, 3.63) is 23.8 Å². The molecule has 2 unspecified atom stereocenters. The number of esters is 1. The quantitative estimate of drug-likeness (QED) is 0.277. The van der Waals surface area contributed by atoms with Crippen molar-refractivity contribution < 1.29 is 28.4 Å². The number of ketones is 1. The van der Waals surface area contributed by atoms with Crippen LogP contribution in [-0.2, 0) is 14.1 Å². The van der Waals surface area contributed by atoms with Crippen molar-refractivity contribution in [1.29, 1.82) is 0 Å². The first-order valence-corrected chi connectivity index (χ1v) is 8.94. The van der Waals surface area contributed by atoms with Gasteiger partial charge in [0, 0.05) is 0 Å². The molecule has 0 bridgehead atoms. The van der Waals surface area contributed by atoms with Crippen LogP contribution in [0.25, 0.3) is 0 Å². The summed E-state index contributed by atoms with van der Waals surface area (Å²) >= 11 is 0. The second-order valence-electron chi connectivity index (χ2n) is 6.61. The molecule has 2 atom stereocenters. The molecule has 0 amide bonds. The number of methoxy groups -OCH3 is 2. The molecule has 1 rings (SSSR count). The van der Waals surface area contributed by atoms with Crippen LogP contribution in [-0.4, -0.2) is 32.6 Å². The van der Waals surface area contributed by atoms with Gasteiger partial charge < -0.3 is 14.2 Å². The normalized spacial score (nSPS) is 11.4. The highest BCUT2D eigenvalue weighted by Gasteiger charge is 2.33. The maximum Gasteiger partial charge on any atom is 0.316 e. The first-order valence-electron chi connectivity index (χ1n) is 8.47. The molecule has 0 saturated heterocycles. The predicted molar refractivity (Wildman–Crippen MR) is 103 cm³/mol. The van der Waals surface area contributed by atoms with Crippen LogP contribution in [0, 0.1) is 17.8 Å². The third-order valence-corrected chi connectivity index (χ3v) is 3.54. The number of carbonyl (C=O) groups is 2. The van der Waals surface area contributed by atoms with Gasteiger partial charge in [-0.15, -0.1) is 0 Å². The van der Waals surface area contributed by atoms with Crippen LogP contribution in [0.5, 0.6) is 11.5 Å². The van der Waals surface area contributed by atoms with Crippen LogP contribution in [0.4, 0.5) is 0 Å². The second kappa shape index (κ2) is 12.4. The molecule has 0 radical (unpaired) electrons. The molecule has 6 nitrogen and oxygen atoms in total. The van der Waals surface area contributed by atoms with E-state index >= 15 is 0 Å². The van der Waals surface area contributed by atoms with E-state index < -0.39 is 11.9 Å². The Morgan fingerprint density at radius 3 is 1.85 bits per heavy atom. The smallest absolute Gasteiger partial charge is 0.316 e. The number of benzene rings is 1. The molecule has 146 valence electrons. The molecule has 0 saturated carbocycles. The number of ether oxygens (including phenoxy) is 3. The molecule has 26 heavy (non-hydrogen) atoms. The molecule has 0 N–H and O–H groups in total. The SMILES string of the molecule is COc1cccc(OC)c1C(=O)C(CC(C)C)C(=O)OCC(C)C.O=[PH2+]. The van der Waals surface area contributed by atoms with E-state index in [4.69, 9.17) is 18.8 Å². The van der Waals surface area contributed by atoms with Gasteiger partial charge in [-0.05, 0) is 30.4 Å². The molecule has 7 heteroatoms. The van der Waals surface area contributed by atoms with E-state index in [2.05, 4.69) is 0 Å². The monoisotopic (exact) mass is 385 g/mol. The molecule has 1 aromatic carbocycles. The van der Waals surface area contributed by atoms with E-state index in [1.54, 1.807) is 18.2 Å². The molecule has 1 aromatic rings. The first-order chi connectivity index (χ1) is 12.3. The summed E-state index contributed by atoms with van der Waals surface area (Å²) in [5.41, 5.74) is 0.287. The molecule has 0 aliphatic rings. The summed E-state index contributed by atoms with van der Waals surface area (Å²) in [5.74, 6) is -0.513. The highest BCUT2D eigenvalue weighted by molar-refractivity contribution is 7.00. The number of hydrogen-bond acceptors (Lipinski definition) is 6. The third kappa shape index (κ3) is 7.12. The molecular formula is C19H30O6P+. The van der Waals surface area contributed by atoms with Crippen LogP contribution in [0.3, 0.4) is 0 Å². The Bertz CT molecular complexity index is 563. The summed E-state index contributed by atoms with van der Waals surface area (Å²) in [6, 6.07) is 5.10. The molecular weight excluding hydrogens is 355 g/mol. The predicted octanol–water partition coefficient (Wildman–Crippen LogP) is 3.96. The lowest BCUT2D eigenvalue weighted by Crippen LogP contribution is -2.29. The summed E-state index contributed by atoms with van der Waals surface area (Å²) < 4.78 is 24.1. The minimum Gasteiger partial charge on any atom is -0.496 e. The van der Waals surface area contributed by atoms with E-state index in [0.29, 0.717) is 24.5 Å². The second-order valence-corrected chi connectivity index (χ2v) is 6.61. The lowest BCUT2D eigenvalue weighted by Gasteiger charge is -2.20. The summed E-state index contributed by atoms with van der Waals surface area (Å²) in [6.07, 6.45) is 0.414. The van der Waals surface area contributed by atoms with Gasteiger partial charge in [-0.3, -0.25) is 9.59 Å². The van der Waals surface area contributed by atoms with Gasteiger partial charge in [0.25, 0.3) is 0 Å². The summed E-state index contributed by atoms with van der Waals surface area (Å²) in [6.45, 7) is 8.14. The van der Waals surface area contributed by atoms with Crippen molar-refractivity contribution in [3.63, 3.8) is 0 Å². The zero-order valence-electron chi connectivity index (χ0n) is 16.4. The van der Waals surface area contributed by atoms with Crippen molar-refractivity contribution >= 4 is 20.9 Å². The number of carbonyl (C=O) groups excluding carboxylic acids is 2. The van der Waals surface area contributed by atoms with Crippen molar-refractivity contribution in [2.45, 2.75) is 34.1 Å². The summed E-state index contributed by atoms with van der Waals surface area (Å²) in [4.78, 5) is 25.5. The topological polar surface area (TPSA) is 78.9 Å². The average Bonchev–Trinajstić information content (AvgIpc) is 2.64. The van der Waals surface area contributed by atoms with Crippen molar-refractivity contribution in [1.82, 2.24) is 0 Å². The number of rotatable bonds is 9. The van der Waals surface area contributed by atoms with Gasteiger partial charge in [0.2, 0.25) is 0 Å². The standard InChI is InChI=1S/C19H28O5.H2OP/c1-12(2)10-14(19(21)24-11-13(3)4)18(20)17-15(22-5)8-7-9-16(17)23-6;1-2/h7-9,12-14H,10-11H2,1-6H3;2H2/q;+1. The fraction of sp³-hybridized carbons (Fsp3) is 0.579. The number of Topliss-reactive ketones (excluding diaryl/α,β-unsaturated/α-hetero) is 1. The van der Waals surface area contributed by atoms with Gasteiger partial charge in [0.15, 0.2) is 5.78 Å². The Labute approximate surface area is 157 Å². The van der Waals surface area contributed by atoms with E-state index in [0.717, 1.165) is 0 Å². The maximum atomic E-state index is 13.1. The Morgan fingerprint density at radius 2 is 1.46 bits per heavy atom. The zero-order chi connectivity index (χ0) is 20.3. The average molecular weight is 385 g/mol. The fourth-order valence-electron chi connectivity index (χ4n) is 2.40. The van der Waals surface area contributed by atoms with Gasteiger partial charge in [-0.1, -0.05) is 38.3 Å². The lowest BCUT2D eigenvalue weighted by atomic mass is 9.89. The van der Waals surface area contributed by atoms with Gasteiger partial charge in [-0.2, -0.15) is 0 Å². The highest BCUT2D eigenvalue weighted by atomic mass is 31.0. The lowest BCUT2D eigenvalue weighted by molar-refractivity contribution is -0.148. The zero-order valence-corrected chi connectivity index (χ0v) is 17.6.